The number of esters is 1. The predicted octanol–water partition coefficient (Wildman–Crippen LogP) is 3.71. The lowest BCUT2D eigenvalue weighted by Crippen LogP contribution is -2.28. The minimum Gasteiger partial charge on any atom is -0.469 e. The van der Waals surface area contributed by atoms with Crippen molar-refractivity contribution in [3.8, 4) is 5.69 Å². The predicted molar refractivity (Wildman–Crippen MR) is 132 cm³/mol. The third-order valence-electron chi connectivity index (χ3n) is 5.74. The quantitative estimate of drug-likeness (QED) is 0.226. The smallest absolute Gasteiger partial charge is 0.305 e. The molecule has 1 amide bonds. The highest BCUT2D eigenvalue weighted by atomic mass is 32.2. The molecule has 7 nitrogen and oxygen atoms in total. The van der Waals surface area contributed by atoms with E-state index in [2.05, 4.69) is 10.1 Å². The van der Waals surface area contributed by atoms with Gasteiger partial charge in [-0.25, -0.2) is 4.98 Å². The summed E-state index contributed by atoms with van der Waals surface area (Å²) in [5, 5.41) is 4.06. The molecule has 0 aliphatic heterocycles. The number of carbonyl (C=O) groups is 2. The summed E-state index contributed by atoms with van der Waals surface area (Å²) in [4.78, 5) is 44.2. The molecule has 0 atom stereocenters. The van der Waals surface area contributed by atoms with E-state index in [1.165, 1.54) is 23.7 Å². The maximum absolute atomic E-state index is 13.7. The fourth-order valence-corrected chi connectivity index (χ4v) is 6.27. The van der Waals surface area contributed by atoms with E-state index in [1.807, 2.05) is 32.0 Å². The lowest BCUT2D eigenvalue weighted by atomic mass is 10.1. The molecule has 0 bridgehead atoms. The van der Waals surface area contributed by atoms with Crippen LogP contribution in [0.15, 0.2) is 28.2 Å². The van der Waals surface area contributed by atoms with Crippen LogP contribution >= 0.6 is 23.1 Å². The first-order valence-electron chi connectivity index (χ1n) is 11.0. The summed E-state index contributed by atoms with van der Waals surface area (Å²) in [5.74, 6) is -0.330. The van der Waals surface area contributed by atoms with E-state index in [4.69, 9.17) is 4.98 Å². The Kier molecular flexibility index (Phi) is 7.19. The second-order valence-corrected chi connectivity index (χ2v) is 10.2. The molecule has 0 spiro atoms. The Morgan fingerprint density at radius 3 is 2.85 bits per heavy atom. The first-order valence-corrected chi connectivity index (χ1v) is 12.8. The molecule has 1 N–H and O–H groups in total. The fourth-order valence-electron chi connectivity index (χ4n) is 4.13. The summed E-state index contributed by atoms with van der Waals surface area (Å²) in [6, 6.07) is 5.98. The van der Waals surface area contributed by atoms with Crippen LogP contribution in [0.1, 0.15) is 40.8 Å². The van der Waals surface area contributed by atoms with Crippen LogP contribution in [-0.2, 0) is 27.2 Å². The minimum absolute atomic E-state index is 0.0626. The van der Waals surface area contributed by atoms with Crippen molar-refractivity contribution in [2.24, 2.45) is 0 Å². The molecule has 2 aromatic heterocycles. The van der Waals surface area contributed by atoms with Gasteiger partial charge in [0.15, 0.2) is 5.16 Å². The molecule has 0 radical (unpaired) electrons. The van der Waals surface area contributed by atoms with E-state index in [0.29, 0.717) is 18.1 Å². The minimum atomic E-state index is -0.295. The lowest BCUT2D eigenvalue weighted by molar-refractivity contribution is -0.140. The number of ether oxygens (including phenoxy) is 1. The number of thioether (sulfide) groups is 1. The number of nitrogens with one attached hydrogen (secondary N) is 1. The number of fused-ring (bicyclic) bond motifs is 3. The summed E-state index contributed by atoms with van der Waals surface area (Å²) in [6.07, 6.45) is 3.76. The normalized spacial score (nSPS) is 12.7. The van der Waals surface area contributed by atoms with E-state index in [0.717, 1.165) is 51.9 Å². The SMILES string of the molecule is COC(=O)CCCNC(=O)CSc1nc2sc3c(c2c(=O)n1-c1ccc(C)cc1C)CCC3. The third-order valence-corrected chi connectivity index (χ3v) is 7.87. The van der Waals surface area contributed by atoms with Crippen molar-refractivity contribution in [1.29, 1.82) is 0 Å². The summed E-state index contributed by atoms with van der Waals surface area (Å²) in [5.41, 5.74) is 3.98. The van der Waals surface area contributed by atoms with Gasteiger partial charge in [-0.1, -0.05) is 29.5 Å². The number of aromatic nitrogens is 2. The van der Waals surface area contributed by atoms with Gasteiger partial charge in [0.05, 0.1) is 23.9 Å². The number of thiophene rings is 1. The maximum Gasteiger partial charge on any atom is 0.305 e. The number of amides is 1. The largest absolute Gasteiger partial charge is 0.469 e. The van der Waals surface area contributed by atoms with Crippen LogP contribution in [0.4, 0.5) is 0 Å². The number of aryl methyl sites for hydroxylation is 4. The third kappa shape index (κ3) is 4.99. The number of benzene rings is 1. The van der Waals surface area contributed by atoms with Crippen molar-refractivity contribution in [1.82, 2.24) is 14.9 Å². The topological polar surface area (TPSA) is 90.3 Å². The van der Waals surface area contributed by atoms with Gasteiger partial charge in [-0.3, -0.25) is 19.0 Å². The molecule has 1 aromatic carbocycles. The zero-order valence-corrected chi connectivity index (χ0v) is 20.7. The van der Waals surface area contributed by atoms with Gasteiger partial charge in [-0.05, 0) is 56.7 Å². The Bertz CT molecular complexity index is 1280. The molecular formula is C24H27N3O4S2. The van der Waals surface area contributed by atoms with Crippen LogP contribution in [0, 0.1) is 13.8 Å². The van der Waals surface area contributed by atoms with Crippen molar-refractivity contribution in [2.45, 2.75) is 51.1 Å². The molecule has 33 heavy (non-hydrogen) atoms. The van der Waals surface area contributed by atoms with Gasteiger partial charge >= 0.3 is 5.97 Å². The molecule has 0 saturated carbocycles. The Labute approximate surface area is 200 Å². The highest BCUT2D eigenvalue weighted by molar-refractivity contribution is 7.99. The summed E-state index contributed by atoms with van der Waals surface area (Å²) in [7, 11) is 1.35. The molecule has 0 saturated heterocycles. The first kappa shape index (κ1) is 23.5. The van der Waals surface area contributed by atoms with Crippen molar-refractivity contribution in [3.05, 3.63) is 50.1 Å². The number of hydrogen-bond acceptors (Lipinski definition) is 7. The Hall–Kier alpha value is -2.65. The van der Waals surface area contributed by atoms with Gasteiger partial charge in [-0.2, -0.15) is 0 Å². The maximum atomic E-state index is 13.7. The van der Waals surface area contributed by atoms with Crippen LogP contribution in [-0.4, -0.2) is 40.8 Å². The molecule has 1 aliphatic carbocycles. The number of methoxy groups -OCH3 is 1. The molecule has 174 valence electrons. The van der Waals surface area contributed by atoms with Gasteiger partial charge in [0.1, 0.15) is 4.83 Å². The lowest BCUT2D eigenvalue weighted by Gasteiger charge is -2.15. The van der Waals surface area contributed by atoms with Crippen LogP contribution in [0.2, 0.25) is 0 Å². The van der Waals surface area contributed by atoms with Crippen LogP contribution in [0.3, 0.4) is 0 Å². The number of rotatable bonds is 8. The second kappa shape index (κ2) is 10.1. The van der Waals surface area contributed by atoms with Gasteiger partial charge in [0.2, 0.25) is 5.91 Å². The zero-order chi connectivity index (χ0) is 23.5. The highest BCUT2D eigenvalue weighted by Crippen LogP contribution is 2.36. The Morgan fingerprint density at radius 2 is 2.09 bits per heavy atom. The van der Waals surface area contributed by atoms with E-state index in [-0.39, 0.29) is 29.6 Å². The van der Waals surface area contributed by atoms with Crippen LogP contribution in [0.5, 0.6) is 0 Å². The molecule has 3 aromatic rings. The van der Waals surface area contributed by atoms with Gasteiger partial charge in [0, 0.05) is 17.8 Å². The zero-order valence-electron chi connectivity index (χ0n) is 19.0. The fraction of sp³-hybridized carbons (Fsp3) is 0.417. The average molecular weight is 486 g/mol. The second-order valence-electron chi connectivity index (χ2n) is 8.18. The molecule has 0 fully saturated rings. The molecule has 0 unspecified atom stereocenters. The first-order chi connectivity index (χ1) is 15.9. The molecule has 2 heterocycles. The van der Waals surface area contributed by atoms with Gasteiger partial charge < -0.3 is 10.1 Å². The number of carbonyl (C=O) groups excluding carboxylic acids is 2. The van der Waals surface area contributed by atoms with E-state index >= 15 is 0 Å². The monoisotopic (exact) mass is 485 g/mol. The molecule has 4 rings (SSSR count). The summed E-state index contributed by atoms with van der Waals surface area (Å²) >= 11 is 2.86. The van der Waals surface area contributed by atoms with Gasteiger partial charge in [0.25, 0.3) is 5.56 Å². The highest BCUT2D eigenvalue weighted by Gasteiger charge is 2.24. The van der Waals surface area contributed by atoms with Crippen LogP contribution < -0.4 is 10.9 Å². The van der Waals surface area contributed by atoms with Crippen LogP contribution in [0.25, 0.3) is 15.9 Å². The number of nitrogens with zero attached hydrogens (tertiary/aromatic N) is 2. The van der Waals surface area contributed by atoms with Gasteiger partial charge in [-0.15, -0.1) is 11.3 Å². The van der Waals surface area contributed by atoms with Crippen molar-refractivity contribution >= 4 is 45.2 Å². The molecule has 1 aliphatic rings. The summed E-state index contributed by atoms with van der Waals surface area (Å²) in [6.45, 7) is 4.40. The Morgan fingerprint density at radius 1 is 1.27 bits per heavy atom. The van der Waals surface area contributed by atoms with E-state index < -0.39 is 0 Å². The van der Waals surface area contributed by atoms with Crippen molar-refractivity contribution in [2.75, 3.05) is 19.4 Å². The molecular weight excluding hydrogens is 458 g/mol. The van der Waals surface area contributed by atoms with E-state index in [1.54, 1.807) is 15.9 Å². The summed E-state index contributed by atoms with van der Waals surface area (Å²) < 4.78 is 6.27. The Balaban J connectivity index is 1.62. The van der Waals surface area contributed by atoms with E-state index in [9.17, 15) is 14.4 Å². The van der Waals surface area contributed by atoms with Crippen molar-refractivity contribution in [3.63, 3.8) is 0 Å². The van der Waals surface area contributed by atoms with Crippen molar-refractivity contribution < 1.29 is 14.3 Å². The standard InChI is InChI=1S/C24H27N3O4S2/c1-14-9-10-17(15(2)12-14)27-23(30)21-16-6-4-7-18(16)33-22(21)26-24(27)32-13-19(28)25-11-5-8-20(29)31-3/h9-10,12H,4-8,11,13H2,1-3H3,(H,25,28). The average Bonchev–Trinajstić information content (AvgIpc) is 3.37. The number of hydrogen-bond donors (Lipinski definition) is 1. The molecule has 9 heteroatoms.